The summed E-state index contributed by atoms with van der Waals surface area (Å²) in [4.78, 5) is 33.6. The molecule has 0 atom stereocenters. The molecule has 0 unspecified atom stereocenters. The maximum absolute atomic E-state index is 12.6. The van der Waals surface area contributed by atoms with Crippen molar-refractivity contribution in [1.82, 2.24) is 19.9 Å². The van der Waals surface area contributed by atoms with Crippen molar-refractivity contribution in [3.8, 4) is 17.1 Å². The fourth-order valence-electron chi connectivity index (χ4n) is 3.91. The number of hydrogen-bond donors (Lipinski definition) is 0. The summed E-state index contributed by atoms with van der Waals surface area (Å²) in [6.45, 7) is 7.77. The molecule has 0 saturated carbocycles. The smallest absolute Gasteiger partial charge is 0.241 e. The summed E-state index contributed by atoms with van der Waals surface area (Å²) in [5.74, 6) is 1.87. The molecule has 1 saturated heterocycles. The van der Waals surface area contributed by atoms with Crippen LogP contribution in [0.1, 0.15) is 41.6 Å². The molecule has 1 amide bonds. The molecular formula is C26H30N4O4. The van der Waals surface area contributed by atoms with Crippen molar-refractivity contribution in [2.45, 2.75) is 33.2 Å². The van der Waals surface area contributed by atoms with Gasteiger partial charge in [0.1, 0.15) is 5.75 Å². The van der Waals surface area contributed by atoms with Crippen LogP contribution in [0, 0.1) is 6.92 Å². The summed E-state index contributed by atoms with van der Waals surface area (Å²) in [6.07, 6.45) is 0.423. The molecule has 178 valence electrons. The fourth-order valence-corrected chi connectivity index (χ4v) is 3.91. The lowest BCUT2D eigenvalue weighted by atomic mass is 10.1. The van der Waals surface area contributed by atoms with E-state index in [0.717, 1.165) is 24.4 Å². The van der Waals surface area contributed by atoms with Gasteiger partial charge in [0.15, 0.2) is 5.78 Å². The predicted molar refractivity (Wildman–Crippen MR) is 128 cm³/mol. The van der Waals surface area contributed by atoms with E-state index in [-0.39, 0.29) is 24.5 Å². The molecule has 0 radical (unpaired) electrons. The molecule has 2 heterocycles. The standard InChI is InChI=1S/C26H30N4O4/c1-3-33-22-10-8-20(9-11-22)23(31)12-13-25(32)30-16-14-29(15-17-30)18-24-27-26(28-34-24)21-6-4-19(2)5-7-21/h4-11H,3,12-18H2,1-2H3. The minimum absolute atomic E-state index is 0.0124. The molecule has 1 aliphatic heterocycles. The lowest BCUT2D eigenvalue weighted by molar-refractivity contribution is -0.133. The normalized spacial score (nSPS) is 14.2. The fraction of sp³-hybridized carbons (Fsp3) is 0.385. The van der Waals surface area contributed by atoms with Crippen molar-refractivity contribution in [3.63, 3.8) is 0 Å². The quantitative estimate of drug-likeness (QED) is 0.448. The monoisotopic (exact) mass is 462 g/mol. The van der Waals surface area contributed by atoms with Crippen LogP contribution in [-0.4, -0.2) is 64.4 Å². The Morgan fingerprint density at radius 1 is 0.971 bits per heavy atom. The third-order valence-corrected chi connectivity index (χ3v) is 5.91. The van der Waals surface area contributed by atoms with Crippen LogP contribution in [-0.2, 0) is 11.3 Å². The van der Waals surface area contributed by atoms with Gasteiger partial charge in [-0.05, 0) is 38.1 Å². The van der Waals surface area contributed by atoms with Crippen molar-refractivity contribution in [3.05, 3.63) is 65.5 Å². The Hall–Kier alpha value is -3.52. The Bertz CT molecular complexity index is 1100. The SMILES string of the molecule is CCOc1ccc(C(=O)CCC(=O)N2CCN(Cc3nc(-c4ccc(C)cc4)no3)CC2)cc1. The highest BCUT2D eigenvalue weighted by Crippen LogP contribution is 2.18. The number of carbonyl (C=O) groups is 2. The zero-order valence-corrected chi connectivity index (χ0v) is 19.7. The summed E-state index contributed by atoms with van der Waals surface area (Å²) >= 11 is 0. The number of piperazine rings is 1. The van der Waals surface area contributed by atoms with Gasteiger partial charge in [0.2, 0.25) is 17.6 Å². The van der Waals surface area contributed by atoms with Crippen molar-refractivity contribution in [2.24, 2.45) is 0 Å². The van der Waals surface area contributed by atoms with E-state index in [0.29, 0.717) is 43.5 Å². The Balaban J connectivity index is 1.21. The first kappa shape index (κ1) is 23.6. The second kappa shape index (κ2) is 11.1. The Kier molecular flexibility index (Phi) is 7.69. The average molecular weight is 463 g/mol. The highest BCUT2D eigenvalue weighted by atomic mass is 16.5. The van der Waals surface area contributed by atoms with Gasteiger partial charge in [0.25, 0.3) is 0 Å². The van der Waals surface area contributed by atoms with E-state index < -0.39 is 0 Å². The zero-order valence-electron chi connectivity index (χ0n) is 19.7. The molecule has 8 heteroatoms. The van der Waals surface area contributed by atoms with E-state index in [2.05, 4.69) is 15.0 Å². The van der Waals surface area contributed by atoms with Gasteiger partial charge in [-0.2, -0.15) is 4.98 Å². The topological polar surface area (TPSA) is 88.8 Å². The number of ether oxygens (including phenoxy) is 1. The van der Waals surface area contributed by atoms with Gasteiger partial charge in [-0.1, -0.05) is 35.0 Å². The number of Topliss-reactive ketones (excluding diaryl/α,β-unsaturated/α-hetero) is 1. The number of rotatable bonds is 9. The summed E-state index contributed by atoms with van der Waals surface area (Å²) in [5.41, 5.74) is 2.71. The zero-order chi connectivity index (χ0) is 23.9. The third kappa shape index (κ3) is 6.08. The van der Waals surface area contributed by atoms with Crippen LogP contribution in [0.5, 0.6) is 5.75 Å². The maximum Gasteiger partial charge on any atom is 0.241 e. The molecule has 1 aromatic heterocycles. The van der Waals surface area contributed by atoms with E-state index >= 15 is 0 Å². The highest BCUT2D eigenvalue weighted by molar-refractivity contribution is 5.98. The molecule has 0 bridgehead atoms. The number of aromatic nitrogens is 2. The first-order valence-electron chi connectivity index (χ1n) is 11.7. The third-order valence-electron chi connectivity index (χ3n) is 5.91. The van der Waals surface area contributed by atoms with Crippen molar-refractivity contribution in [1.29, 1.82) is 0 Å². The van der Waals surface area contributed by atoms with Gasteiger partial charge < -0.3 is 14.2 Å². The van der Waals surface area contributed by atoms with Crippen LogP contribution in [0.25, 0.3) is 11.4 Å². The summed E-state index contributed by atoms with van der Waals surface area (Å²) in [7, 11) is 0. The van der Waals surface area contributed by atoms with Crippen LogP contribution in [0.4, 0.5) is 0 Å². The van der Waals surface area contributed by atoms with Gasteiger partial charge in [0, 0.05) is 50.1 Å². The molecular weight excluding hydrogens is 432 g/mol. The molecule has 0 aliphatic carbocycles. The van der Waals surface area contributed by atoms with Crippen LogP contribution in [0.3, 0.4) is 0 Å². The maximum atomic E-state index is 12.6. The summed E-state index contributed by atoms with van der Waals surface area (Å²) < 4.78 is 10.8. The van der Waals surface area contributed by atoms with Crippen molar-refractivity contribution < 1.29 is 18.8 Å². The molecule has 1 aliphatic rings. The second-order valence-electron chi connectivity index (χ2n) is 8.42. The molecule has 8 nitrogen and oxygen atoms in total. The summed E-state index contributed by atoms with van der Waals surface area (Å²) in [5, 5.41) is 4.09. The molecule has 0 N–H and O–H groups in total. The van der Waals surface area contributed by atoms with E-state index in [4.69, 9.17) is 9.26 Å². The first-order chi connectivity index (χ1) is 16.5. The van der Waals surface area contributed by atoms with Gasteiger partial charge in [-0.15, -0.1) is 0 Å². The van der Waals surface area contributed by atoms with Crippen LogP contribution >= 0.6 is 0 Å². The number of aryl methyl sites for hydroxylation is 1. The van der Waals surface area contributed by atoms with E-state index in [9.17, 15) is 9.59 Å². The molecule has 34 heavy (non-hydrogen) atoms. The number of hydrogen-bond acceptors (Lipinski definition) is 7. The number of nitrogens with zero attached hydrogens (tertiary/aromatic N) is 4. The molecule has 0 spiro atoms. The Morgan fingerprint density at radius 3 is 2.35 bits per heavy atom. The predicted octanol–water partition coefficient (Wildman–Crippen LogP) is 3.75. The number of ketones is 1. The minimum atomic E-state index is -0.0317. The largest absolute Gasteiger partial charge is 0.494 e. The second-order valence-corrected chi connectivity index (χ2v) is 8.42. The molecule has 1 fully saturated rings. The van der Waals surface area contributed by atoms with E-state index in [1.807, 2.05) is 43.0 Å². The minimum Gasteiger partial charge on any atom is -0.494 e. The van der Waals surface area contributed by atoms with Gasteiger partial charge in [-0.25, -0.2) is 0 Å². The lowest BCUT2D eigenvalue weighted by Gasteiger charge is -2.34. The van der Waals surface area contributed by atoms with Crippen molar-refractivity contribution >= 4 is 11.7 Å². The van der Waals surface area contributed by atoms with E-state index in [1.54, 1.807) is 24.3 Å². The number of amides is 1. The lowest BCUT2D eigenvalue weighted by Crippen LogP contribution is -2.48. The molecule has 4 rings (SSSR count). The Labute approximate surface area is 199 Å². The molecule has 2 aromatic carbocycles. The van der Waals surface area contributed by atoms with Gasteiger partial charge >= 0.3 is 0 Å². The van der Waals surface area contributed by atoms with Gasteiger partial charge in [-0.3, -0.25) is 14.5 Å². The van der Waals surface area contributed by atoms with Crippen LogP contribution in [0.15, 0.2) is 53.1 Å². The van der Waals surface area contributed by atoms with Gasteiger partial charge in [0.05, 0.1) is 13.2 Å². The summed E-state index contributed by atoms with van der Waals surface area (Å²) in [6, 6.07) is 15.1. The highest BCUT2D eigenvalue weighted by Gasteiger charge is 2.23. The average Bonchev–Trinajstić information content (AvgIpc) is 3.32. The Morgan fingerprint density at radius 2 is 1.68 bits per heavy atom. The van der Waals surface area contributed by atoms with E-state index in [1.165, 1.54) is 5.56 Å². The van der Waals surface area contributed by atoms with Crippen molar-refractivity contribution in [2.75, 3.05) is 32.8 Å². The van der Waals surface area contributed by atoms with Crippen LogP contribution < -0.4 is 4.74 Å². The number of carbonyl (C=O) groups excluding carboxylic acids is 2. The first-order valence-corrected chi connectivity index (χ1v) is 11.7. The molecule has 3 aromatic rings. The number of benzene rings is 2. The van der Waals surface area contributed by atoms with Crippen LogP contribution in [0.2, 0.25) is 0 Å².